The Labute approximate surface area is 178 Å². The number of amides is 2. The first-order valence-electron chi connectivity index (χ1n) is 10.4. The van der Waals surface area contributed by atoms with Crippen molar-refractivity contribution in [1.82, 2.24) is 14.9 Å². The molecule has 6 rings (SSSR count). The molecule has 3 aromatic carbocycles. The lowest BCUT2D eigenvalue weighted by Gasteiger charge is -2.40. The summed E-state index contributed by atoms with van der Waals surface area (Å²) in [5.41, 5.74) is 4.10. The highest BCUT2D eigenvalue weighted by Gasteiger charge is 2.43. The molecule has 0 unspecified atom stereocenters. The Kier molecular flexibility index (Phi) is 3.93. The van der Waals surface area contributed by atoms with E-state index in [9.17, 15) is 9.59 Å². The largest absolute Gasteiger partial charge is 0.357 e. The van der Waals surface area contributed by atoms with Gasteiger partial charge in [-0.25, -0.2) is 5.01 Å². The Bertz CT molecular complexity index is 1380. The Balaban J connectivity index is 1.32. The molecule has 2 amide bonds. The molecule has 0 aliphatic carbocycles. The zero-order chi connectivity index (χ0) is 20.9. The number of aromatic amines is 1. The van der Waals surface area contributed by atoms with Crippen LogP contribution in [0.5, 0.6) is 0 Å². The lowest BCUT2D eigenvalue weighted by molar-refractivity contribution is -0.157. The van der Waals surface area contributed by atoms with E-state index >= 15 is 0 Å². The monoisotopic (exact) mass is 408 g/mol. The molecule has 0 radical (unpaired) electrons. The third-order valence-electron chi connectivity index (χ3n) is 6.31. The van der Waals surface area contributed by atoms with Crippen molar-refractivity contribution >= 4 is 39.7 Å². The van der Waals surface area contributed by atoms with E-state index in [-0.39, 0.29) is 18.4 Å². The van der Waals surface area contributed by atoms with Crippen LogP contribution >= 0.6 is 0 Å². The smallest absolute Gasteiger partial charge is 0.266 e. The van der Waals surface area contributed by atoms with E-state index in [0.717, 1.165) is 38.5 Å². The lowest BCUT2D eigenvalue weighted by atomic mass is 9.94. The van der Waals surface area contributed by atoms with Crippen LogP contribution in [0, 0.1) is 0 Å². The summed E-state index contributed by atoms with van der Waals surface area (Å²) >= 11 is 0. The summed E-state index contributed by atoms with van der Waals surface area (Å²) in [6, 6.07) is 21.6. The number of carbonyl (C=O) groups is 2. The number of hydrogen-bond donors (Lipinski definition) is 1. The molecule has 1 atom stereocenters. The molecule has 1 N–H and O–H groups in total. The van der Waals surface area contributed by atoms with Gasteiger partial charge in [-0.3, -0.25) is 9.59 Å². The number of rotatable bonds is 2. The highest BCUT2D eigenvalue weighted by atomic mass is 16.2. The van der Waals surface area contributed by atoms with Crippen LogP contribution in [0.3, 0.4) is 0 Å². The van der Waals surface area contributed by atoms with Gasteiger partial charge in [0.2, 0.25) is 5.91 Å². The number of piperazine rings is 1. The summed E-state index contributed by atoms with van der Waals surface area (Å²) < 4.78 is 0. The first kappa shape index (κ1) is 17.9. The van der Waals surface area contributed by atoms with Gasteiger partial charge in [0.1, 0.15) is 12.6 Å². The predicted octanol–water partition coefficient (Wildman–Crippen LogP) is 3.45. The van der Waals surface area contributed by atoms with Crippen molar-refractivity contribution in [3.05, 3.63) is 83.6 Å². The molecule has 31 heavy (non-hydrogen) atoms. The van der Waals surface area contributed by atoms with E-state index in [0.29, 0.717) is 13.0 Å². The molecule has 152 valence electrons. The first-order chi connectivity index (χ1) is 15.2. The molecular formula is C25H20N4O2. The van der Waals surface area contributed by atoms with Crippen LogP contribution in [0.2, 0.25) is 0 Å². The molecule has 0 bridgehead atoms. The number of hydrogen-bond acceptors (Lipinski definition) is 3. The van der Waals surface area contributed by atoms with Gasteiger partial charge < -0.3 is 9.88 Å². The number of nitrogens with one attached hydrogen (secondary N) is 1. The molecule has 2 aliphatic heterocycles. The van der Waals surface area contributed by atoms with Gasteiger partial charge in [-0.1, -0.05) is 60.7 Å². The van der Waals surface area contributed by atoms with Crippen molar-refractivity contribution in [2.45, 2.75) is 19.0 Å². The molecule has 1 aromatic heterocycles. The van der Waals surface area contributed by atoms with E-state index in [4.69, 9.17) is 0 Å². The maximum atomic E-state index is 13.3. The highest BCUT2D eigenvalue weighted by Crippen LogP contribution is 2.32. The van der Waals surface area contributed by atoms with E-state index in [1.165, 1.54) is 5.01 Å². The number of aromatic nitrogens is 1. The second-order valence-corrected chi connectivity index (χ2v) is 8.08. The van der Waals surface area contributed by atoms with Gasteiger partial charge >= 0.3 is 0 Å². The minimum absolute atomic E-state index is 0.0356. The summed E-state index contributed by atoms with van der Waals surface area (Å²) in [5, 5.41) is 9.05. The van der Waals surface area contributed by atoms with Crippen molar-refractivity contribution in [3.63, 3.8) is 0 Å². The minimum Gasteiger partial charge on any atom is -0.357 e. The summed E-state index contributed by atoms with van der Waals surface area (Å²) in [4.78, 5) is 31.2. The summed E-state index contributed by atoms with van der Waals surface area (Å²) in [7, 11) is 0. The van der Waals surface area contributed by atoms with Crippen LogP contribution in [0.1, 0.15) is 16.8 Å². The van der Waals surface area contributed by atoms with E-state index < -0.39 is 6.04 Å². The van der Waals surface area contributed by atoms with Gasteiger partial charge in [-0.2, -0.15) is 5.10 Å². The second-order valence-electron chi connectivity index (χ2n) is 8.08. The summed E-state index contributed by atoms with van der Waals surface area (Å²) in [5.74, 6) is -0.212. The Morgan fingerprint density at radius 3 is 2.58 bits per heavy atom. The highest BCUT2D eigenvalue weighted by molar-refractivity contribution is 6.01. The van der Waals surface area contributed by atoms with Crippen LogP contribution in [-0.2, 0) is 22.6 Å². The Morgan fingerprint density at radius 2 is 1.68 bits per heavy atom. The molecule has 1 saturated heterocycles. The van der Waals surface area contributed by atoms with E-state index in [2.05, 4.69) is 16.2 Å². The molecule has 0 saturated carbocycles. The second kappa shape index (κ2) is 6.80. The van der Waals surface area contributed by atoms with Crippen molar-refractivity contribution in [2.75, 3.05) is 6.54 Å². The van der Waals surface area contributed by atoms with Gasteiger partial charge in [-0.15, -0.1) is 0 Å². The van der Waals surface area contributed by atoms with Gasteiger partial charge in [0.05, 0.1) is 12.8 Å². The maximum Gasteiger partial charge on any atom is 0.266 e. The number of fused-ring (bicyclic) bond motifs is 5. The van der Waals surface area contributed by atoms with E-state index in [1.54, 1.807) is 11.1 Å². The predicted molar refractivity (Wildman–Crippen MR) is 120 cm³/mol. The van der Waals surface area contributed by atoms with Crippen molar-refractivity contribution in [2.24, 2.45) is 5.10 Å². The number of hydrazone groups is 1. The third kappa shape index (κ3) is 2.83. The number of carbonyl (C=O) groups excluding carboxylic acids is 2. The summed E-state index contributed by atoms with van der Waals surface area (Å²) in [6.07, 6.45) is 2.19. The molecule has 4 aromatic rings. The molecular weight excluding hydrogens is 388 g/mol. The fourth-order valence-electron chi connectivity index (χ4n) is 4.75. The molecule has 6 heteroatoms. The van der Waals surface area contributed by atoms with Crippen LogP contribution in [0.4, 0.5) is 0 Å². The lowest BCUT2D eigenvalue weighted by Crippen LogP contribution is -2.60. The van der Waals surface area contributed by atoms with Crippen LogP contribution in [0.25, 0.3) is 21.7 Å². The van der Waals surface area contributed by atoms with Crippen LogP contribution in [-0.4, -0.2) is 45.5 Å². The first-order valence-corrected chi connectivity index (χ1v) is 10.4. The normalized spacial score (nSPS) is 18.8. The van der Waals surface area contributed by atoms with Gasteiger partial charge in [-0.05, 0) is 22.4 Å². The zero-order valence-corrected chi connectivity index (χ0v) is 16.8. The number of benzene rings is 3. The third-order valence-corrected chi connectivity index (χ3v) is 6.31. The van der Waals surface area contributed by atoms with Crippen molar-refractivity contribution in [3.8, 4) is 0 Å². The fourth-order valence-corrected chi connectivity index (χ4v) is 4.75. The molecule has 1 fully saturated rings. The van der Waals surface area contributed by atoms with Crippen molar-refractivity contribution in [1.29, 1.82) is 0 Å². The Morgan fingerprint density at radius 1 is 0.903 bits per heavy atom. The Hall–Kier alpha value is -3.93. The standard InChI is InChI=1S/C25H20N4O2/c30-24-15-29(26-13-17-8-5-7-16-6-1-2-9-18(16)17)25(31)23-12-20-19-10-3-4-11-21(19)27-22(20)14-28(23)24/h1-11,13,23,27H,12,14-15H2/t23-/m1/s1. The molecule has 2 aliphatic rings. The fraction of sp³-hybridized carbons (Fsp3) is 0.160. The molecule has 6 nitrogen and oxygen atoms in total. The van der Waals surface area contributed by atoms with Gasteiger partial charge in [0.15, 0.2) is 0 Å². The maximum absolute atomic E-state index is 13.3. The van der Waals surface area contributed by atoms with Crippen LogP contribution < -0.4 is 0 Å². The van der Waals surface area contributed by atoms with E-state index in [1.807, 2.05) is 60.7 Å². The number of para-hydroxylation sites is 1. The average molecular weight is 408 g/mol. The molecule has 3 heterocycles. The summed E-state index contributed by atoms with van der Waals surface area (Å²) in [6.45, 7) is 0.395. The van der Waals surface area contributed by atoms with Gasteiger partial charge in [0.25, 0.3) is 5.91 Å². The molecule has 0 spiro atoms. The van der Waals surface area contributed by atoms with Gasteiger partial charge in [0, 0.05) is 28.6 Å². The minimum atomic E-state index is -0.516. The van der Waals surface area contributed by atoms with Crippen LogP contribution in [0.15, 0.2) is 71.8 Å². The zero-order valence-electron chi connectivity index (χ0n) is 16.8. The average Bonchev–Trinajstić information content (AvgIpc) is 3.17. The SMILES string of the molecule is O=C1[C@H]2Cc3c([nH]c4ccccc34)CN2C(=O)CN1N=Cc1cccc2ccccc12. The number of H-pyrrole nitrogens is 1. The quantitative estimate of drug-likeness (QED) is 0.516. The topological polar surface area (TPSA) is 68.8 Å². The number of nitrogens with zero attached hydrogens (tertiary/aromatic N) is 3. The van der Waals surface area contributed by atoms with Crippen molar-refractivity contribution < 1.29 is 9.59 Å².